The molecule has 0 saturated carbocycles. The van der Waals surface area contributed by atoms with Crippen LogP contribution in [-0.2, 0) is 17.9 Å². The Hall–Kier alpha value is -1.60. The monoisotopic (exact) mass is 324 g/mol. The summed E-state index contributed by atoms with van der Waals surface area (Å²) < 4.78 is 7.76. The van der Waals surface area contributed by atoms with Gasteiger partial charge in [-0.1, -0.05) is 0 Å². The molecule has 0 bridgehead atoms. The fourth-order valence-electron chi connectivity index (χ4n) is 3.11. The standard InChI is InChI=1S/C16H28N4O3/c1-11-7-17-8-14-6-13(18-20(11)14)10-23-9-12(2)19(15(21)22)16(3,4)5/h6,11-12,17H,7-10H2,1-5H3,(H,21,22). The molecule has 130 valence electrons. The number of carboxylic acid groups (broad SMARTS) is 1. The highest BCUT2D eigenvalue weighted by atomic mass is 16.5. The van der Waals surface area contributed by atoms with Crippen LogP contribution in [0.5, 0.6) is 0 Å². The van der Waals surface area contributed by atoms with Crippen molar-refractivity contribution in [3.63, 3.8) is 0 Å². The molecule has 2 heterocycles. The Balaban J connectivity index is 1.91. The van der Waals surface area contributed by atoms with Gasteiger partial charge in [0, 0.05) is 18.6 Å². The summed E-state index contributed by atoms with van der Waals surface area (Å²) in [4.78, 5) is 12.9. The van der Waals surface area contributed by atoms with E-state index in [4.69, 9.17) is 4.74 Å². The van der Waals surface area contributed by atoms with Gasteiger partial charge in [-0.25, -0.2) is 4.79 Å². The van der Waals surface area contributed by atoms with E-state index >= 15 is 0 Å². The molecule has 0 radical (unpaired) electrons. The van der Waals surface area contributed by atoms with Crippen LogP contribution < -0.4 is 5.32 Å². The van der Waals surface area contributed by atoms with E-state index in [-0.39, 0.29) is 6.04 Å². The third kappa shape index (κ3) is 4.23. The molecule has 7 heteroatoms. The number of hydrogen-bond donors (Lipinski definition) is 2. The number of rotatable bonds is 5. The van der Waals surface area contributed by atoms with E-state index in [9.17, 15) is 9.90 Å². The van der Waals surface area contributed by atoms with Crippen LogP contribution in [0, 0.1) is 0 Å². The first-order valence-corrected chi connectivity index (χ1v) is 8.08. The van der Waals surface area contributed by atoms with Gasteiger partial charge in [-0.05, 0) is 40.7 Å². The molecule has 0 saturated heterocycles. The number of fused-ring (bicyclic) bond motifs is 1. The summed E-state index contributed by atoms with van der Waals surface area (Å²) in [5, 5.41) is 17.3. The zero-order valence-electron chi connectivity index (χ0n) is 14.7. The van der Waals surface area contributed by atoms with Crippen LogP contribution in [0.15, 0.2) is 6.07 Å². The van der Waals surface area contributed by atoms with E-state index in [1.807, 2.05) is 38.4 Å². The molecule has 0 spiro atoms. The lowest BCUT2D eigenvalue weighted by Crippen LogP contribution is -2.51. The number of amides is 1. The summed E-state index contributed by atoms with van der Waals surface area (Å²) >= 11 is 0. The molecule has 23 heavy (non-hydrogen) atoms. The van der Waals surface area contributed by atoms with Crippen LogP contribution >= 0.6 is 0 Å². The summed E-state index contributed by atoms with van der Waals surface area (Å²) in [5.74, 6) is 0. The van der Waals surface area contributed by atoms with Gasteiger partial charge in [-0.15, -0.1) is 0 Å². The summed E-state index contributed by atoms with van der Waals surface area (Å²) in [6.07, 6.45) is -0.925. The molecule has 7 nitrogen and oxygen atoms in total. The Morgan fingerprint density at radius 1 is 1.61 bits per heavy atom. The molecule has 0 fully saturated rings. The van der Waals surface area contributed by atoms with Crippen molar-refractivity contribution in [2.24, 2.45) is 0 Å². The van der Waals surface area contributed by atoms with Crippen LogP contribution in [0.3, 0.4) is 0 Å². The van der Waals surface area contributed by atoms with E-state index in [1.54, 1.807) is 0 Å². The summed E-state index contributed by atoms with van der Waals surface area (Å²) in [6.45, 7) is 12.1. The van der Waals surface area contributed by atoms with E-state index in [1.165, 1.54) is 4.90 Å². The Morgan fingerprint density at radius 2 is 2.30 bits per heavy atom. The molecule has 0 aromatic carbocycles. The third-order valence-corrected chi connectivity index (χ3v) is 4.01. The molecule has 2 atom stereocenters. The van der Waals surface area contributed by atoms with E-state index in [0.29, 0.717) is 19.3 Å². The van der Waals surface area contributed by atoms with Crippen molar-refractivity contribution in [3.8, 4) is 0 Å². The van der Waals surface area contributed by atoms with Crippen molar-refractivity contribution in [2.45, 2.75) is 65.4 Å². The van der Waals surface area contributed by atoms with Gasteiger partial charge < -0.3 is 15.2 Å². The van der Waals surface area contributed by atoms with Gasteiger partial charge in [0.2, 0.25) is 0 Å². The number of nitrogens with zero attached hydrogens (tertiary/aromatic N) is 3. The Bertz CT molecular complexity index is 550. The minimum absolute atomic E-state index is 0.217. The van der Waals surface area contributed by atoms with Crippen molar-refractivity contribution >= 4 is 6.09 Å². The zero-order chi connectivity index (χ0) is 17.2. The Kier molecular flexibility index (Phi) is 5.31. The molecular formula is C16H28N4O3. The number of carbonyl (C=O) groups is 1. The Labute approximate surface area is 137 Å². The smallest absolute Gasteiger partial charge is 0.408 e. The second-order valence-corrected chi connectivity index (χ2v) is 7.24. The second-order valence-electron chi connectivity index (χ2n) is 7.24. The highest BCUT2D eigenvalue weighted by Gasteiger charge is 2.30. The molecular weight excluding hydrogens is 296 g/mol. The summed E-state index contributed by atoms with van der Waals surface area (Å²) in [6, 6.07) is 2.17. The average Bonchev–Trinajstić information content (AvgIpc) is 2.80. The van der Waals surface area contributed by atoms with Crippen LogP contribution in [0.4, 0.5) is 4.79 Å². The van der Waals surface area contributed by atoms with Crippen LogP contribution in [0.2, 0.25) is 0 Å². The van der Waals surface area contributed by atoms with Gasteiger partial charge in [0.15, 0.2) is 0 Å². The van der Waals surface area contributed by atoms with Crippen molar-refractivity contribution in [2.75, 3.05) is 13.2 Å². The first kappa shape index (κ1) is 17.7. The van der Waals surface area contributed by atoms with Gasteiger partial charge in [0.1, 0.15) is 0 Å². The normalized spacial score (nSPS) is 19.3. The number of hydrogen-bond acceptors (Lipinski definition) is 4. The number of ether oxygens (including phenoxy) is 1. The third-order valence-electron chi connectivity index (χ3n) is 4.01. The number of aromatic nitrogens is 2. The van der Waals surface area contributed by atoms with Crippen molar-refractivity contribution in [1.29, 1.82) is 0 Å². The first-order valence-electron chi connectivity index (χ1n) is 8.08. The predicted molar refractivity (Wildman–Crippen MR) is 87.4 cm³/mol. The van der Waals surface area contributed by atoms with Gasteiger partial charge in [-0.3, -0.25) is 9.58 Å². The molecule has 1 aromatic heterocycles. The molecule has 0 aliphatic carbocycles. The maximum absolute atomic E-state index is 11.4. The highest BCUT2D eigenvalue weighted by Crippen LogP contribution is 2.19. The molecule has 2 unspecified atom stereocenters. The highest BCUT2D eigenvalue weighted by molar-refractivity contribution is 5.66. The van der Waals surface area contributed by atoms with E-state index in [2.05, 4.69) is 17.3 Å². The van der Waals surface area contributed by atoms with Crippen LogP contribution in [0.1, 0.15) is 52.0 Å². The maximum Gasteiger partial charge on any atom is 0.408 e. The van der Waals surface area contributed by atoms with Crippen LogP contribution in [0.25, 0.3) is 0 Å². The summed E-state index contributed by atoms with van der Waals surface area (Å²) in [7, 11) is 0. The van der Waals surface area contributed by atoms with Gasteiger partial charge in [0.05, 0.1) is 36.7 Å². The van der Waals surface area contributed by atoms with Gasteiger partial charge in [-0.2, -0.15) is 5.10 Å². The minimum Gasteiger partial charge on any atom is -0.465 e. The quantitative estimate of drug-likeness (QED) is 0.868. The molecule has 2 rings (SSSR count). The van der Waals surface area contributed by atoms with Crippen molar-refractivity contribution in [3.05, 3.63) is 17.5 Å². The lowest BCUT2D eigenvalue weighted by Gasteiger charge is -2.37. The number of nitrogens with one attached hydrogen (secondary N) is 1. The Morgan fingerprint density at radius 3 is 2.87 bits per heavy atom. The topological polar surface area (TPSA) is 79.6 Å². The summed E-state index contributed by atoms with van der Waals surface area (Å²) in [5.41, 5.74) is 1.60. The molecule has 1 amide bonds. The largest absolute Gasteiger partial charge is 0.465 e. The minimum atomic E-state index is -0.925. The van der Waals surface area contributed by atoms with Crippen molar-refractivity contribution < 1.29 is 14.6 Å². The first-order chi connectivity index (χ1) is 10.7. The fraction of sp³-hybridized carbons (Fsp3) is 0.750. The average molecular weight is 324 g/mol. The zero-order valence-corrected chi connectivity index (χ0v) is 14.7. The second kappa shape index (κ2) is 6.88. The molecule has 2 N–H and O–H groups in total. The fourth-order valence-corrected chi connectivity index (χ4v) is 3.11. The predicted octanol–water partition coefficient (Wildman–Crippen LogP) is 2.23. The molecule has 1 aliphatic rings. The lowest BCUT2D eigenvalue weighted by atomic mass is 10.0. The van der Waals surface area contributed by atoms with Crippen LogP contribution in [-0.4, -0.2) is 50.6 Å². The van der Waals surface area contributed by atoms with Gasteiger partial charge >= 0.3 is 6.09 Å². The molecule has 1 aliphatic heterocycles. The van der Waals surface area contributed by atoms with E-state index in [0.717, 1.165) is 24.5 Å². The lowest BCUT2D eigenvalue weighted by molar-refractivity contribution is 0.0209. The SMILES string of the molecule is CC(COCc1cc2n(n1)C(C)CNC2)N(C(=O)O)C(C)(C)C. The molecule has 1 aromatic rings. The van der Waals surface area contributed by atoms with Crippen molar-refractivity contribution in [1.82, 2.24) is 20.0 Å². The van der Waals surface area contributed by atoms with Gasteiger partial charge in [0.25, 0.3) is 0 Å². The maximum atomic E-state index is 11.4. The van der Waals surface area contributed by atoms with E-state index < -0.39 is 11.6 Å².